The van der Waals surface area contributed by atoms with Crippen molar-refractivity contribution in [1.82, 2.24) is 10.6 Å². The molecule has 6 nitrogen and oxygen atoms in total. The minimum absolute atomic E-state index is 0.0242. The molecule has 0 amide bonds. The van der Waals surface area contributed by atoms with Gasteiger partial charge in [-0.3, -0.25) is 4.99 Å². The van der Waals surface area contributed by atoms with E-state index < -0.39 is 9.84 Å². The normalized spacial score (nSPS) is 25.0. The van der Waals surface area contributed by atoms with Crippen molar-refractivity contribution in [2.24, 2.45) is 4.99 Å². The second kappa shape index (κ2) is 8.39. The Kier molecular flexibility index (Phi) is 6.19. The Hall–Kier alpha value is -1.60. The Bertz CT molecular complexity index is 713. The fraction of sp³-hybridized carbons (Fsp3) is 0.632. The highest BCUT2D eigenvalue weighted by Crippen LogP contribution is 2.35. The summed E-state index contributed by atoms with van der Waals surface area (Å²) in [6.45, 7) is 4.91. The smallest absolute Gasteiger partial charge is 0.191 e. The van der Waals surface area contributed by atoms with Crippen LogP contribution in [-0.2, 0) is 20.0 Å². The van der Waals surface area contributed by atoms with E-state index in [4.69, 9.17) is 9.73 Å². The van der Waals surface area contributed by atoms with E-state index in [1.165, 1.54) is 5.56 Å². The first kappa shape index (κ1) is 19.2. The van der Waals surface area contributed by atoms with Crippen molar-refractivity contribution in [3.05, 3.63) is 35.9 Å². The molecule has 1 aromatic rings. The molecule has 2 aliphatic rings. The zero-order valence-electron chi connectivity index (χ0n) is 15.4. The van der Waals surface area contributed by atoms with Crippen molar-refractivity contribution >= 4 is 15.8 Å². The van der Waals surface area contributed by atoms with E-state index in [1.54, 1.807) is 0 Å². The predicted octanol–water partition coefficient (Wildman–Crippen LogP) is 1.48. The van der Waals surface area contributed by atoms with Crippen LogP contribution in [0.3, 0.4) is 0 Å². The lowest BCUT2D eigenvalue weighted by Gasteiger charge is -2.36. The maximum absolute atomic E-state index is 11.7. The molecule has 0 radical (unpaired) electrons. The highest BCUT2D eigenvalue weighted by atomic mass is 32.2. The van der Waals surface area contributed by atoms with Crippen molar-refractivity contribution in [2.75, 3.05) is 37.8 Å². The van der Waals surface area contributed by atoms with Crippen molar-refractivity contribution in [2.45, 2.75) is 37.6 Å². The SMILES string of the molecule is CCNC(=NCC1(c2ccccc2)CCOCC1)NC1CCS(=O)(=O)C1. The number of guanidine groups is 1. The molecule has 2 saturated heterocycles. The van der Waals surface area contributed by atoms with E-state index >= 15 is 0 Å². The summed E-state index contributed by atoms with van der Waals surface area (Å²) < 4.78 is 29.0. The summed E-state index contributed by atoms with van der Waals surface area (Å²) in [7, 11) is -2.91. The molecule has 2 N–H and O–H groups in total. The van der Waals surface area contributed by atoms with Gasteiger partial charge < -0.3 is 15.4 Å². The molecular weight excluding hydrogens is 350 g/mol. The Labute approximate surface area is 156 Å². The van der Waals surface area contributed by atoms with Gasteiger partial charge in [-0.05, 0) is 31.7 Å². The molecule has 3 rings (SSSR count). The molecule has 1 unspecified atom stereocenters. The first-order valence-corrected chi connectivity index (χ1v) is 11.2. The lowest BCUT2D eigenvalue weighted by atomic mass is 9.74. The van der Waals surface area contributed by atoms with Gasteiger partial charge >= 0.3 is 0 Å². The summed E-state index contributed by atoms with van der Waals surface area (Å²) in [5.74, 6) is 1.15. The number of rotatable bonds is 5. The Morgan fingerprint density at radius 2 is 2.00 bits per heavy atom. The van der Waals surface area contributed by atoms with Crippen LogP contribution in [0.15, 0.2) is 35.3 Å². The largest absolute Gasteiger partial charge is 0.381 e. The molecule has 0 aliphatic carbocycles. The standard InChI is InChI=1S/C19H29N3O3S/c1-2-20-18(22-17-8-13-26(23,24)14-17)21-15-19(9-11-25-12-10-19)16-6-4-3-5-7-16/h3-7,17H,2,8-15H2,1H3,(H2,20,21,22). The zero-order valence-corrected chi connectivity index (χ0v) is 16.2. The van der Waals surface area contributed by atoms with Crippen molar-refractivity contribution in [3.63, 3.8) is 0 Å². The number of nitrogens with one attached hydrogen (secondary N) is 2. The van der Waals surface area contributed by atoms with Gasteiger partial charge in [-0.15, -0.1) is 0 Å². The van der Waals surface area contributed by atoms with Crippen molar-refractivity contribution in [3.8, 4) is 0 Å². The van der Waals surface area contributed by atoms with Gasteiger partial charge in [0.25, 0.3) is 0 Å². The third-order valence-electron chi connectivity index (χ3n) is 5.29. The van der Waals surface area contributed by atoms with Crippen LogP contribution in [0.1, 0.15) is 31.7 Å². The molecule has 2 fully saturated rings. The first-order valence-electron chi connectivity index (χ1n) is 9.42. The lowest BCUT2D eigenvalue weighted by molar-refractivity contribution is 0.0531. The van der Waals surface area contributed by atoms with E-state index in [-0.39, 0.29) is 23.0 Å². The van der Waals surface area contributed by atoms with E-state index in [2.05, 4.69) is 34.9 Å². The molecule has 144 valence electrons. The van der Waals surface area contributed by atoms with Crippen LogP contribution in [0.4, 0.5) is 0 Å². The van der Waals surface area contributed by atoms with E-state index in [0.717, 1.165) is 32.6 Å². The van der Waals surface area contributed by atoms with Crippen LogP contribution in [0.25, 0.3) is 0 Å². The molecule has 0 aromatic heterocycles. The van der Waals surface area contributed by atoms with Gasteiger partial charge in [0.2, 0.25) is 0 Å². The fourth-order valence-corrected chi connectivity index (χ4v) is 5.42. The summed E-state index contributed by atoms with van der Waals surface area (Å²) in [6, 6.07) is 10.5. The highest BCUT2D eigenvalue weighted by Gasteiger charge is 2.34. The molecule has 0 spiro atoms. The summed E-state index contributed by atoms with van der Waals surface area (Å²) in [5, 5.41) is 6.57. The Morgan fingerprint density at radius 3 is 2.62 bits per heavy atom. The van der Waals surface area contributed by atoms with Crippen LogP contribution >= 0.6 is 0 Å². The summed E-state index contributed by atoms with van der Waals surface area (Å²) in [5.41, 5.74) is 1.27. The topological polar surface area (TPSA) is 79.8 Å². The number of nitrogens with zero attached hydrogens (tertiary/aromatic N) is 1. The number of aliphatic imine (C=N–C) groups is 1. The van der Waals surface area contributed by atoms with Crippen LogP contribution in [0, 0.1) is 0 Å². The monoisotopic (exact) mass is 379 g/mol. The molecule has 1 atom stereocenters. The number of hydrogen-bond donors (Lipinski definition) is 2. The maximum atomic E-state index is 11.7. The molecule has 2 aliphatic heterocycles. The van der Waals surface area contributed by atoms with Gasteiger partial charge in [-0.1, -0.05) is 30.3 Å². The predicted molar refractivity (Wildman–Crippen MR) is 104 cm³/mol. The Morgan fingerprint density at radius 1 is 1.27 bits per heavy atom. The van der Waals surface area contributed by atoms with Crippen molar-refractivity contribution < 1.29 is 13.2 Å². The molecule has 0 bridgehead atoms. The second-order valence-corrected chi connectivity index (χ2v) is 9.43. The average Bonchev–Trinajstić information content (AvgIpc) is 3.00. The first-order chi connectivity index (χ1) is 12.5. The quantitative estimate of drug-likeness (QED) is 0.598. The second-order valence-electron chi connectivity index (χ2n) is 7.20. The van der Waals surface area contributed by atoms with Crippen LogP contribution in [0.5, 0.6) is 0 Å². The number of hydrogen-bond acceptors (Lipinski definition) is 4. The molecular formula is C19H29N3O3S. The van der Waals surface area contributed by atoms with Gasteiger partial charge in [0, 0.05) is 31.2 Å². The van der Waals surface area contributed by atoms with Crippen molar-refractivity contribution in [1.29, 1.82) is 0 Å². The van der Waals surface area contributed by atoms with Crippen LogP contribution < -0.4 is 10.6 Å². The minimum atomic E-state index is -2.91. The number of ether oxygens (including phenoxy) is 1. The van der Waals surface area contributed by atoms with Crippen LogP contribution in [0.2, 0.25) is 0 Å². The van der Waals surface area contributed by atoms with Crippen LogP contribution in [-0.4, -0.2) is 58.2 Å². The lowest BCUT2D eigenvalue weighted by Crippen LogP contribution is -2.45. The van der Waals surface area contributed by atoms with Gasteiger partial charge in [-0.2, -0.15) is 0 Å². The average molecular weight is 380 g/mol. The molecule has 26 heavy (non-hydrogen) atoms. The summed E-state index contributed by atoms with van der Waals surface area (Å²) in [6.07, 6.45) is 2.53. The van der Waals surface area contributed by atoms with Gasteiger partial charge in [0.05, 0.1) is 18.1 Å². The number of benzene rings is 1. The summed E-state index contributed by atoms with van der Waals surface area (Å²) >= 11 is 0. The van der Waals surface area contributed by atoms with Gasteiger partial charge in [0.15, 0.2) is 15.8 Å². The minimum Gasteiger partial charge on any atom is -0.381 e. The molecule has 0 saturated carbocycles. The van der Waals surface area contributed by atoms with E-state index in [0.29, 0.717) is 18.9 Å². The molecule has 2 heterocycles. The van der Waals surface area contributed by atoms with E-state index in [9.17, 15) is 8.42 Å². The summed E-state index contributed by atoms with van der Waals surface area (Å²) in [4.78, 5) is 4.84. The third kappa shape index (κ3) is 4.76. The highest BCUT2D eigenvalue weighted by molar-refractivity contribution is 7.91. The Balaban J connectivity index is 1.75. The molecule has 1 aromatic carbocycles. The fourth-order valence-electron chi connectivity index (χ4n) is 3.74. The zero-order chi connectivity index (χ0) is 18.5. The third-order valence-corrected chi connectivity index (χ3v) is 7.06. The van der Waals surface area contributed by atoms with Gasteiger partial charge in [0.1, 0.15) is 0 Å². The van der Waals surface area contributed by atoms with Gasteiger partial charge in [-0.25, -0.2) is 8.42 Å². The molecule has 7 heteroatoms. The van der Waals surface area contributed by atoms with E-state index in [1.807, 2.05) is 13.0 Å². The maximum Gasteiger partial charge on any atom is 0.191 e. The number of sulfone groups is 1.